The Morgan fingerprint density at radius 3 is 2.84 bits per heavy atom. The lowest BCUT2D eigenvalue weighted by molar-refractivity contribution is -0.115. The van der Waals surface area contributed by atoms with Gasteiger partial charge >= 0.3 is 0 Å². The van der Waals surface area contributed by atoms with Crippen molar-refractivity contribution < 1.29 is 4.79 Å². The molecule has 0 aromatic carbocycles. The van der Waals surface area contributed by atoms with E-state index >= 15 is 0 Å². The van der Waals surface area contributed by atoms with Gasteiger partial charge in [0.05, 0.1) is 24.2 Å². The van der Waals surface area contributed by atoms with E-state index in [2.05, 4.69) is 26.7 Å². The first-order chi connectivity index (χ1) is 12.3. The Labute approximate surface area is 147 Å². The second kappa shape index (κ2) is 8.38. The van der Waals surface area contributed by atoms with Gasteiger partial charge in [-0.05, 0) is 56.7 Å². The Kier molecular flexibility index (Phi) is 5.73. The van der Waals surface area contributed by atoms with E-state index < -0.39 is 0 Å². The highest BCUT2D eigenvalue weighted by molar-refractivity contribution is 5.91. The summed E-state index contributed by atoms with van der Waals surface area (Å²) in [5.74, 6) is 0.345. The van der Waals surface area contributed by atoms with E-state index in [4.69, 9.17) is 5.26 Å². The van der Waals surface area contributed by atoms with Gasteiger partial charge in [-0.2, -0.15) is 15.5 Å². The molecule has 2 heterocycles. The fourth-order valence-electron chi connectivity index (χ4n) is 2.86. The summed E-state index contributed by atoms with van der Waals surface area (Å²) in [6, 6.07) is 8.11. The summed E-state index contributed by atoms with van der Waals surface area (Å²) in [5, 5.41) is 23.8. The highest BCUT2D eigenvalue weighted by Crippen LogP contribution is 2.31. The van der Waals surface area contributed by atoms with Crippen molar-refractivity contribution in [1.29, 1.82) is 5.26 Å². The number of carbonyl (C=O) groups excluding carboxylic acids is 1. The zero-order valence-electron chi connectivity index (χ0n) is 14.2. The third-order valence-corrected chi connectivity index (χ3v) is 4.47. The third-order valence-electron chi connectivity index (χ3n) is 4.47. The van der Waals surface area contributed by atoms with E-state index in [1.807, 2.05) is 16.8 Å². The molecular formula is C18H22N6O. The molecule has 7 nitrogen and oxygen atoms in total. The van der Waals surface area contributed by atoms with E-state index in [1.165, 1.54) is 6.42 Å². The van der Waals surface area contributed by atoms with E-state index in [0.29, 0.717) is 18.3 Å². The van der Waals surface area contributed by atoms with E-state index in [0.717, 1.165) is 43.5 Å². The van der Waals surface area contributed by atoms with Crippen molar-refractivity contribution in [2.75, 3.05) is 5.32 Å². The number of aromatic nitrogens is 4. The molecule has 2 aromatic heterocycles. The molecule has 0 spiro atoms. The van der Waals surface area contributed by atoms with Gasteiger partial charge in [0.1, 0.15) is 0 Å². The van der Waals surface area contributed by atoms with Crippen LogP contribution in [0.1, 0.15) is 56.0 Å². The van der Waals surface area contributed by atoms with Gasteiger partial charge in [0.25, 0.3) is 0 Å². The third kappa shape index (κ3) is 4.63. The molecule has 1 fully saturated rings. The maximum absolute atomic E-state index is 12.2. The van der Waals surface area contributed by atoms with Gasteiger partial charge in [-0.1, -0.05) is 0 Å². The van der Waals surface area contributed by atoms with Gasteiger partial charge in [-0.15, -0.1) is 5.10 Å². The Bertz CT molecular complexity index is 742. The normalized spacial score (nSPS) is 13.9. The lowest BCUT2D eigenvalue weighted by Gasteiger charge is -2.27. The average molecular weight is 338 g/mol. The predicted octanol–water partition coefficient (Wildman–Crippen LogP) is 2.82. The average Bonchev–Trinajstić information content (AvgIpc) is 2.99. The Hall–Kier alpha value is -2.75. The number of unbranched alkanes of at least 4 members (excludes halogenated alkanes) is 2. The van der Waals surface area contributed by atoms with Gasteiger partial charge in [0, 0.05) is 18.3 Å². The van der Waals surface area contributed by atoms with E-state index in [1.54, 1.807) is 12.3 Å². The fraction of sp³-hybridized carbons (Fsp3) is 0.500. The molecule has 2 aromatic rings. The van der Waals surface area contributed by atoms with Crippen LogP contribution in [0.4, 0.5) is 5.82 Å². The summed E-state index contributed by atoms with van der Waals surface area (Å²) in [5.41, 5.74) is 1.81. The van der Waals surface area contributed by atoms with E-state index in [-0.39, 0.29) is 12.3 Å². The monoisotopic (exact) mass is 338 g/mol. The van der Waals surface area contributed by atoms with Crippen LogP contribution in [-0.4, -0.2) is 25.9 Å². The number of nitriles is 1. The van der Waals surface area contributed by atoms with Crippen molar-refractivity contribution in [2.45, 2.75) is 57.4 Å². The van der Waals surface area contributed by atoms with Crippen molar-refractivity contribution in [2.24, 2.45) is 0 Å². The second-order valence-electron chi connectivity index (χ2n) is 6.35. The van der Waals surface area contributed by atoms with Gasteiger partial charge in [-0.25, -0.2) is 0 Å². The molecule has 1 N–H and O–H groups in total. The summed E-state index contributed by atoms with van der Waals surface area (Å²) in [7, 11) is 0. The Morgan fingerprint density at radius 2 is 2.16 bits per heavy atom. The zero-order chi connectivity index (χ0) is 17.5. The van der Waals surface area contributed by atoms with Crippen LogP contribution in [-0.2, 0) is 17.6 Å². The van der Waals surface area contributed by atoms with Crippen molar-refractivity contribution in [1.82, 2.24) is 20.0 Å². The number of carbonyl (C=O) groups is 1. The quantitative estimate of drug-likeness (QED) is 0.747. The predicted molar refractivity (Wildman–Crippen MR) is 92.6 cm³/mol. The highest BCUT2D eigenvalue weighted by Gasteiger charge is 2.22. The van der Waals surface area contributed by atoms with Crippen molar-refractivity contribution >= 4 is 11.7 Å². The summed E-state index contributed by atoms with van der Waals surface area (Å²) < 4.78 is 1.97. The fourth-order valence-corrected chi connectivity index (χ4v) is 2.86. The maximum Gasteiger partial charge on any atom is 0.231 e. The van der Waals surface area contributed by atoms with Crippen LogP contribution >= 0.6 is 0 Å². The molecule has 3 rings (SSSR count). The molecule has 1 aliphatic rings. The number of hydrogen-bond donors (Lipinski definition) is 1. The molecule has 1 aliphatic carbocycles. The molecule has 7 heteroatoms. The molecule has 1 amide bonds. The SMILES string of the molecule is N#CCCCCc1ccc(NC(=O)Cc2ccnn2C2CCC2)nn1. The topological polar surface area (TPSA) is 96.5 Å². The number of anilines is 1. The molecule has 25 heavy (non-hydrogen) atoms. The first-order valence-electron chi connectivity index (χ1n) is 8.78. The molecule has 0 saturated heterocycles. The lowest BCUT2D eigenvalue weighted by atomic mass is 9.93. The maximum atomic E-state index is 12.2. The van der Waals surface area contributed by atoms with Crippen molar-refractivity contribution in [3.05, 3.63) is 35.8 Å². The number of amides is 1. The molecule has 0 atom stereocenters. The summed E-state index contributed by atoms with van der Waals surface area (Å²) in [6.45, 7) is 0. The zero-order valence-corrected chi connectivity index (χ0v) is 14.2. The number of rotatable bonds is 8. The summed E-state index contributed by atoms with van der Waals surface area (Å²) in [4.78, 5) is 12.2. The Morgan fingerprint density at radius 1 is 1.28 bits per heavy atom. The lowest BCUT2D eigenvalue weighted by Crippen LogP contribution is -2.23. The van der Waals surface area contributed by atoms with E-state index in [9.17, 15) is 4.79 Å². The first kappa shape index (κ1) is 17.1. The largest absolute Gasteiger partial charge is 0.309 e. The minimum absolute atomic E-state index is 0.114. The number of hydrogen-bond acceptors (Lipinski definition) is 5. The number of nitrogens with one attached hydrogen (secondary N) is 1. The van der Waals surface area contributed by atoms with Crippen molar-refractivity contribution in [3.8, 4) is 6.07 Å². The van der Waals surface area contributed by atoms with Gasteiger partial charge in [0.2, 0.25) is 5.91 Å². The summed E-state index contributed by atoms with van der Waals surface area (Å²) >= 11 is 0. The van der Waals surface area contributed by atoms with Crippen LogP contribution in [0.5, 0.6) is 0 Å². The van der Waals surface area contributed by atoms with Crippen LogP contribution in [0.15, 0.2) is 24.4 Å². The van der Waals surface area contributed by atoms with Gasteiger partial charge < -0.3 is 5.32 Å². The van der Waals surface area contributed by atoms with Crippen LogP contribution in [0, 0.1) is 11.3 Å². The minimum Gasteiger partial charge on any atom is -0.309 e. The summed E-state index contributed by atoms with van der Waals surface area (Å²) in [6.07, 6.45) is 8.69. The molecule has 0 unspecified atom stereocenters. The molecule has 0 aliphatic heterocycles. The van der Waals surface area contributed by atoms with Gasteiger partial charge in [0.15, 0.2) is 5.82 Å². The van der Waals surface area contributed by atoms with Gasteiger partial charge in [-0.3, -0.25) is 9.48 Å². The second-order valence-corrected chi connectivity index (χ2v) is 6.35. The molecule has 1 saturated carbocycles. The standard InChI is InChI=1S/C18H22N6O/c19-11-3-1-2-5-14-8-9-17(23-22-14)21-18(25)13-16-10-12-20-24(16)15-6-4-7-15/h8-10,12,15H,1-7,13H2,(H,21,23,25). The van der Waals surface area contributed by atoms with Crippen LogP contribution < -0.4 is 5.32 Å². The van der Waals surface area contributed by atoms with Crippen LogP contribution in [0.3, 0.4) is 0 Å². The minimum atomic E-state index is -0.114. The van der Waals surface area contributed by atoms with Crippen LogP contribution in [0.25, 0.3) is 0 Å². The first-order valence-corrected chi connectivity index (χ1v) is 8.78. The molecular weight excluding hydrogens is 316 g/mol. The Balaban J connectivity index is 1.49. The molecule has 130 valence electrons. The van der Waals surface area contributed by atoms with Crippen LogP contribution in [0.2, 0.25) is 0 Å². The molecule has 0 radical (unpaired) electrons. The number of aryl methyl sites for hydroxylation is 1. The number of nitrogens with zero attached hydrogens (tertiary/aromatic N) is 5. The smallest absolute Gasteiger partial charge is 0.231 e. The molecule has 0 bridgehead atoms. The van der Waals surface area contributed by atoms with Crippen molar-refractivity contribution in [3.63, 3.8) is 0 Å². The highest BCUT2D eigenvalue weighted by atomic mass is 16.1.